The number of pyridine rings is 2. The Morgan fingerprint density at radius 3 is 1.45 bits per heavy atom. The van der Waals surface area contributed by atoms with Crippen LogP contribution in [0.4, 0.5) is 0 Å². The maximum absolute atomic E-state index is 4.27. The molecule has 3 aromatic rings. The minimum atomic E-state index is 0.422. The van der Waals surface area contributed by atoms with E-state index in [1.807, 2.05) is 24.3 Å². The molecule has 0 radical (unpaired) electrons. The molecule has 3 aromatic heterocycles. The van der Waals surface area contributed by atoms with E-state index in [4.69, 9.17) is 0 Å². The molecule has 110 valence electrons. The highest BCUT2D eigenvalue weighted by Gasteiger charge is 2.09. The monoisotopic (exact) mass is 292 g/mol. The molecule has 0 spiro atoms. The van der Waals surface area contributed by atoms with Crippen LogP contribution in [-0.2, 0) is 12.8 Å². The van der Waals surface area contributed by atoms with Crippen LogP contribution in [-0.4, -0.2) is 30.4 Å². The summed E-state index contributed by atoms with van der Waals surface area (Å²) in [5.74, 6) is 0.844. The Hall–Kier alpha value is -2.76. The van der Waals surface area contributed by atoms with Gasteiger partial charge >= 0.3 is 0 Å². The Kier molecular flexibility index (Phi) is 4.09. The lowest BCUT2D eigenvalue weighted by Gasteiger charge is -2.02. The normalized spacial score (nSPS) is 10.6. The van der Waals surface area contributed by atoms with Gasteiger partial charge in [-0.3, -0.25) is 9.97 Å². The van der Waals surface area contributed by atoms with Crippen LogP contribution in [0.25, 0.3) is 23.0 Å². The van der Waals surface area contributed by atoms with Gasteiger partial charge in [-0.1, -0.05) is 13.8 Å². The van der Waals surface area contributed by atoms with E-state index in [0.717, 1.165) is 12.8 Å². The van der Waals surface area contributed by atoms with Gasteiger partial charge in [0.05, 0.1) is 0 Å². The van der Waals surface area contributed by atoms with E-state index in [0.29, 0.717) is 23.0 Å². The molecule has 0 aliphatic carbocycles. The molecule has 3 rings (SSSR count). The van der Waals surface area contributed by atoms with Crippen molar-refractivity contribution in [2.24, 2.45) is 0 Å². The van der Waals surface area contributed by atoms with Gasteiger partial charge in [0, 0.05) is 12.4 Å². The summed E-state index contributed by atoms with van der Waals surface area (Å²) < 4.78 is 0. The van der Waals surface area contributed by atoms with Crippen molar-refractivity contribution in [3.63, 3.8) is 0 Å². The van der Waals surface area contributed by atoms with Gasteiger partial charge in [-0.05, 0) is 48.2 Å². The summed E-state index contributed by atoms with van der Waals surface area (Å²) in [5.41, 5.74) is 3.72. The molecule has 0 N–H and O–H groups in total. The smallest absolute Gasteiger partial charge is 0.221 e. The van der Waals surface area contributed by atoms with Gasteiger partial charge in [-0.25, -0.2) is 0 Å². The third kappa shape index (κ3) is 2.95. The summed E-state index contributed by atoms with van der Waals surface area (Å²) in [4.78, 5) is 8.53. The molecule has 0 saturated heterocycles. The minimum Gasteiger partial charge on any atom is -0.253 e. The van der Waals surface area contributed by atoms with E-state index in [1.165, 1.54) is 11.1 Å². The highest BCUT2D eigenvalue weighted by atomic mass is 15.3. The molecular weight excluding hydrogens is 276 g/mol. The van der Waals surface area contributed by atoms with Crippen molar-refractivity contribution in [3.8, 4) is 23.0 Å². The molecule has 0 aliphatic rings. The van der Waals surface area contributed by atoms with Gasteiger partial charge in [0.25, 0.3) is 0 Å². The second-order valence-electron chi connectivity index (χ2n) is 4.85. The van der Waals surface area contributed by atoms with E-state index < -0.39 is 0 Å². The molecule has 22 heavy (non-hydrogen) atoms. The molecule has 0 saturated carbocycles. The minimum absolute atomic E-state index is 0.422. The molecule has 0 atom stereocenters. The van der Waals surface area contributed by atoms with Crippen molar-refractivity contribution in [1.29, 1.82) is 0 Å². The van der Waals surface area contributed by atoms with Gasteiger partial charge < -0.3 is 0 Å². The number of hydrogen-bond acceptors (Lipinski definition) is 6. The van der Waals surface area contributed by atoms with Crippen LogP contribution in [0.3, 0.4) is 0 Å². The Morgan fingerprint density at radius 1 is 0.682 bits per heavy atom. The van der Waals surface area contributed by atoms with Gasteiger partial charge in [0.1, 0.15) is 11.4 Å². The highest BCUT2D eigenvalue weighted by Crippen LogP contribution is 2.15. The lowest BCUT2D eigenvalue weighted by atomic mass is 10.2. The van der Waals surface area contributed by atoms with E-state index in [-0.39, 0.29) is 0 Å². The standard InChI is InChI=1S/C16H16N6/c1-3-11-5-7-17-13(9-11)15-19-21-16(22-20-15)14-10-12(4-2)6-8-18-14/h5-10H,3-4H2,1-2H3. The summed E-state index contributed by atoms with van der Waals surface area (Å²) in [6, 6.07) is 7.85. The molecule has 6 heteroatoms. The summed E-state index contributed by atoms with van der Waals surface area (Å²) in [6.07, 6.45) is 5.36. The van der Waals surface area contributed by atoms with Gasteiger partial charge in [-0.15, -0.1) is 20.4 Å². The van der Waals surface area contributed by atoms with Crippen LogP contribution in [0.5, 0.6) is 0 Å². The van der Waals surface area contributed by atoms with Crippen molar-refractivity contribution in [2.45, 2.75) is 26.7 Å². The molecule has 0 unspecified atom stereocenters. The van der Waals surface area contributed by atoms with Gasteiger partial charge in [0.2, 0.25) is 11.6 Å². The topological polar surface area (TPSA) is 77.3 Å². The first-order valence-electron chi connectivity index (χ1n) is 7.28. The number of aromatic nitrogens is 6. The second-order valence-corrected chi connectivity index (χ2v) is 4.85. The first-order valence-corrected chi connectivity index (χ1v) is 7.28. The van der Waals surface area contributed by atoms with E-state index >= 15 is 0 Å². The van der Waals surface area contributed by atoms with Crippen LogP contribution < -0.4 is 0 Å². The zero-order valence-electron chi connectivity index (χ0n) is 12.6. The summed E-state index contributed by atoms with van der Waals surface area (Å²) >= 11 is 0. The van der Waals surface area contributed by atoms with E-state index in [1.54, 1.807) is 12.4 Å². The zero-order chi connectivity index (χ0) is 15.4. The van der Waals surface area contributed by atoms with Gasteiger partial charge in [-0.2, -0.15) is 0 Å². The Balaban J connectivity index is 1.91. The van der Waals surface area contributed by atoms with Crippen LogP contribution in [0, 0.1) is 0 Å². The fraction of sp³-hybridized carbons (Fsp3) is 0.250. The third-order valence-corrected chi connectivity index (χ3v) is 3.40. The predicted molar refractivity (Wildman–Crippen MR) is 82.8 cm³/mol. The van der Waals surface area contributed by atoms with Crippen LogP contribution in [0.1, 0.15) is 25.0 Å². The SMILES string of the molecule is CCc1ccnc(-c2nnc(-c3cc(CC)ccn3)nn2)c1. The maximum Gasteiger partial charge on any atom is 0.221 e. The van der Waals surface area contributed by atoms with Crippen molar-refractivity contribution in [3.05, 3.63) is 47.8 Å². The first kappa shape index (κ1) is 14.2. The Bertz CT molecular complexity index is 703. The third-order valence-electron chi connectivity index (χ3n) is 3.40. The summed E-state index contributed by atoms with van der Waals surface area (Å²) in [7, 11) is 0. The van der Waals surface area contributed by atoms with Crippen LogP contribution in [0.15, 0.2) is 36.7 Å². The molecular formula is C16H16N6. The molecule has 0 fully saturated rings. The predicted octanol–water partition coefficient (Wildman–Crippen LogP) is 2.52. The second kappa shape index (κ2) is 6.34. The Morgan fingerprint density at radius 2 is 1.09 bits per heavy atom. The van der Waals surface area contributed by atoms with Crippen LogP contribution >= 0.6 is 0 Å². The zero-order valence-corrected chi connectivity index (χ0v) is 12.6. The quantitative estimate of drug-likeness (QED) is 0.735. The van der Waals surface area contributed by atoms with Crippen LogP contribution in [0.2, 0.25) is 0 Å². The van der Waals surface area contributed by atoms with Crippen molar-refractivity contribution < 1.29 is 0 Å². The highest BCUT2D eigenvalue weighted by molar-refractivity contribution is 5.52. The van der Waals surface area contributed by atoms with E-state index in [9.17, 15) is 0 Å². The lowest BCUT2D eigenvalue weighted by Crippen LogP contribution is -2.02. The molecule has 0 bridgehead atoms. The number of aryl methyl sites for hydroxylation is 2. The number of rotatable bonds is 4. The molecule has 0 aromatic carbocycles. The molecule has 3 heterocycles. The molecule has 0 aliphatic heterocycles. The van der Waals surface area contributed by atoms with Crippen molar-refractivity contribution in [1.82, 2.24) is 30.4 Å². The maximum atomic E-state index is 4.27. The summed E-state index contributed by atoms with van der Waals surface area (Å²) in [6.45, 7) is 4.18. The molecule has 6 nitrogen and oxygen atoms in total. The average molecular weight is 292 g/mol. The summed E-state index contributed by atoms with van der Waals surface area (Å²) in [5, 5.41) is 16.5. The Labute approximate surface area is 128 Å². The fourth-order valence-electron chi connectivity index (χ4n) is 2.07. The van der Waals surface area contributed by atoms with Crippen molar-refractivity contribution >= 4 is 0 Å². The fourth-order valence-corrected chi connectivity index (χ4v) is 2.07. The lowest BCUT2D eigenvalue weighted by molar-refractivity contribution is 0.863. The van der Waals surface area contributed by atoms with E-state index in [2.05, 4.69) is 44.2 Å². The number of hydrogen-bond donors (Lipinski definition) is 0. The van der Waals surface area contributed by atoms with Crippen molar-refractivity contribution in [2.75, 3.05) is 0 Å². The largest absolute Gasteiger partial charge is 0.253 e. The molecule has 0 amide bonds. The van der Waals surface area contributed by atoms with Gasteiger partial charge in [0.15, 0.2) is 0 Å². The first-order chi connectivity index (χ1) is 10.8. The number of nitrogens with zero attached hydrogens (tertiary/aromatic N) is 6. The average Bonchev–Trinajstić information content (AvgIpc) is 2.62.